The van der Waals surface area contributed by atoms with E-state index in [1.165, 1.54) is 0 Å². The molecule has 0 radical (unpaired) electrons. The Labute approximate surface area is 193 Å². The van der Waals surface area contributed by atoms with Crippen LogP contribution in [0.5, 0.6) is 0 Å². The summed E-state index contributed by atoms with van der Waals surface area (Å²) in [5.74, 6) is -1.94. The number of carbonyl (C=O) groups is 3. The van der Waals surface area contributed by atoms with Crippen LogP contribution in [0.2, 0.25) is 0 Å². The fourth-order valence-corrected chi connectivity index (χ4v) is 4.07. The Balaban J connectivity index is 1.62. The van der Waals surface area contributed by atoms with Crippen LogP contribution < -0.4 is 10.6 Å². The van der Waals surface area contributed by atoms with Gasteiger partial charge in [-0.1, -0.05) is 68.8 Å². The predicted octanol–water partition coefficient (Wildman–Crippen LogP) is 2.89. The SMILES string of the molecule is CCC(C)[C@H](NC(=O)OCC1c2ccccc2-c2ccccc21)C(=O)NCC(O)CC(=O)O. The van der Waals surface area contributed by atoms with Crippen molar-refractivity contribution in [3.63, 3.8) is 0 Å². The molecular weight excluding hydrogens is 424 g/mol. The molecule has 2 aromatic rings. The van der Waals surface area contributed by atoms with Gasteiger partial charge in [-0.15, -0.1) is 0 Å². The molecule has 8 nitrogen and oxygen atoms in total. The van der Waals surface area contributed by atoms with Gasteiger partial charge in [-0.2, -0.15) is 0 Å². The number of alkyl carbamates (subject to hydrolysis) is 1. The number of rotatable bonds is 10. The minimum atomic E-state index is -1.21. The second-order valence-corrected chi connectivity index (χ2v) is 8.33. The molecule has 176 valence electrons. The summed E-state index contributed by atoms with van der Waals surface area (Å²) in [6, 6.07) is 15.2. The molecule has 0 saturated carbocycles. The van der Waals surface area contributed by atoms with E-state index in [0.29, 0.717) is 6.42 Å². The molecule has 33 heavy (non-hydrogen) atoms. The Kier molecular flexibility index (Phi) is 8.06. The second-order valence-electron chi connectivity index (χ2n) is 8.33. The maximum atomic E-state index is 12.6. The highest BCUT2D eigenvalue weighted by Crippen LogP contribution is 2.44. The predicted molar refractivity (Wildman–Crippen MR) is 123 cm³/mol. The lowest BCUT2D eigenvalue weighted by Gasteiger charge is -2.24. The Morgan fingerprint density at radius 2 is 1.61 bits per heavy atom. The maximum absolute atomic E-state index is 12.6. The van der Waals surface area contributed by atoms with E-state index in [9.17, 15) is 19.5 Å². The van der Waals surface area contributed by atoms with Gasteiger partial charge in [-0.05, 0) is 28.2 Å². The number of fused-ring (bicyclic) bond motifs is 3. The van der Waals surface area contributed by atoms with Gasteiger partial charge in [0.2, 0.25) is 5.91 Å². The summed E-state index contributed by atoms with van der Waals surface area (Å²) in [6.07, 6.45) is -1.77. The van der Waals surface area contributed by atoms with Crippen molar-refractivity contribution in [2.45, 2.75) is 44.8 Å². The smallest absolute Gasteiger partial charge is 0.407 e. The van der Waals surface area contributed by atoms with Crippen LogP contribution in [0.15, 0.2) is 48.5 Å². The third kappa shape index (κ3) is 5.90. The van der Waals surface area contributed by atoms with Gasteiger partial charge in [0.15, 0.2) is 0 Å². The van der Waals surface area contributed by atoms with Crippen LogP contribution in [0.4, 0.5) is 4.79 Å². The lowest BCUT2D eigenvalue weighted by Crippen LogP contribution is -2.51. The number of hydrogen-bond donors (Lipinski definition) is 4. The van der Waals surface area contributed by atoms with E-state index in [1.54, 1.807) is 0 Å². The Morgan fingerprint density at radius 1 is 1.03 bits per heavy atom. The van der Waals surface area contributed by atoms with E-state index in [-0.39, 0.29) is 25.0 Å². The first-order valence-corrected chi connectivity index (χ1v) is 11.1. The number of carboxylic acids is 1. The molecule has 2 unspecified atom stereocenters. The molecule has 2 aromatic carbocycles. The first-order valence-electron chi connectivity index (χ1n) is 11.1. The van der Waals surface area contributed by atoms with Gasteiger partial charge in [0.05, 0.1) is 12.5 Å². The van der Waals surface area contributed by atoms with Crippen LogP contribution in [0.3, 0.4) is 0 Å². The molecule has 0 spiro atoms. The number of hydrogen-bond acceptors (Lipinski definition) is 5. The normalized spacial score (nSPS) is 15.0. The van der Waals surface area contributed by atoms with Crippen molar-refractivity contribution in [3.8, 4) is 11.1 Å². The molecule has 0 bridgehead atoms. The van der Waals surface area contributed by atoms with Crippen molar-refractivity contribution in [2.24, 2.45) is 5.92 Å². The molecule has 2 amide bonds. The van der Waals surface area contributed by atoms with E-state index in [4.69, 9.17) is 9.84 Å². The standard InChI is InChI=1S/C25H30N2O6/c1-3-15(2)23(24(31)26-13-16(28)12-22(29)30)27-25(32)33-14-21-19-10-6-4-8-17(19)18-9-5-7-11-20(18)21/h4-11,15-16,21,23,28H,3,12-14H2,1-2H3,(H,26,31)(H,27,32)(H,29,30)/t15?,16?,23-/m0/s1. The zero-order valence-corrected chi connectivity index (χ0v) is 18.8. The van der Waals surface area contributed by atoms with Crippen LogP contribution in [0.25, 0.3) is 11.1 Å². The number of aliphatic hydroxyl groups is 1. The van der Waals surface area contributed by atoms with Gasteiger partial charge in [0.25, 0.3) is 0 Å². The van der Waals surface area contributed by atoms with Crippen molar-refractivity contribution >= 4 is 18.0 Å². The molecule has 3 rings (SSSR count). The first kappa shape index (κ1) is 24.3. The van der Waals surface area contributed by atoms with Crippen LogP contribution in [-0.2, 0) is 14.3 Å². The fourth-order valence-electron chi connectivity index (χ4n) is 4.07. The second kappa shape index (κ2) is 11.0. The van der Waals surface area contributed by atoms with Crippen LogP contribution in [0.1, 0.15) is 43.7 Å². The Hall–Kier alpha value is -3.39. The van der Waals surface area contributed by atoms with Crippen LogP contribution in [-0.4, -0.2) is 53.5 Å². The summed E-state index contributed by atoms with van der Waals surface area (Å²) >= 11 is 0. The lowest BCUT2D eigenvalue weighted by atomic mass is 9.98. The summed E-state index contributed by atoms with van der Waals surface area (Å²) < 4.78 is 5.54. The Bertz CT molecular complexity index is 962. The monoisotopic (exact) mass is 454 g/mol. The molecule has 1 aliphatic carbocycles. The summed E-state index contributed by atoms with van der Waals surface area (Å²) in [5, 5.41) is 23.6. The number of ether oxygens (including phenoxy) is 1. The molecule has 0 aliphatic heterocycles. The van der Waals surface area contributed by atoms with Crippen molar-refractivity contribution in [3.05, 3.63) is 59.7 Å². The van der Waals surface area contributed by atoms with Crippen LogP contribution >= 0.6 is 0 Å². The third-order valence-corrected chi connectivity index (χ3v) is 6.03. The maximum Gasteiger partial charge on any atom is 0.407 e. The minimum absolute atomic E-state index is 0.0924. The molecule has 0 heterocycles. The average Bonchev–Trinajstić information content (AvgIpc) is 3.12. The van der Waals surface area contributed by atoms with Crippen molar-refractivity contribution in [1.29, 1.82) is 0 Å². The number of carboxylic acid groups (broad SMARTS) is 1. The van der Waals surface area contributed by atoms with Gasteiger partial charge >= 0.3 is 12.1 Å². The summed E-state index contributed by atoms with van der Waals surface area (Å²) in [5.41, 5.74) is 4.43. The fraction of sp³-hybridized carbons (Fsp3) is 0.400. The highest BCUT2D eigenvalue weighted by molar-refractivity contribution is 5.86. The zero-order chi connectivity index (χ0) is 24.0. The van der Waals surface area contributed by atoms with Crippen molar-refractivity contribution < 1.29 is 29.3 Å². The molecule has 0 saturated heterocycles. The number of aliphatic carboxylic acids is 1. The topological polar surface area (TPSA) is 125 Å². The quantitative estimate of drug-likeness (QED) is 0.438. The van der Waals surface area contributed by atoms with Gasteiger partial charge < -0.3 is 25.6 Å². The van der Waals surface area contributed by atoms with E-state index in [1.807, 2.05) is 50.2 Å². The Morgan fingerprint density at radius 3 is 2.15 bits per heavy atom. The average molecular weight is 455 g/mol. The third-order valence-electron chi connectivity index (χ3n) is 6.03. The molecular formula is C25H30N2O6. The van der Waals surface area contributed by atoms with Crippen LogP contribution in [0, 0.1) is 5.92 Å². The van der Waals surface area contributed by atoms with Gasteiger partial charge in [-0.25, -0.2) is 4.79 Å². The molecule has 4 N–H and O–H groups in total. The summed E-state index contributed by atoms with van der Waals surface area (Å²) in [7, 11) is 0. The molecule has 8 heteroatoms. The van der Waals surface area contributed by atoms with E-state index >= 15 is 0 Å². The number of nitrogens with one attached hydrogen (secondary N) is 2. The molecule has 0 fully saturated rings. The lowest BCUT2D eigenvalue weighted by molar-refractivity contribution is -0.139. The van der Waals surface area contributed by atoms with Gasteiger partial charge in [0.1, 0.15) is 12.6 Å². The van der Waals surface area contributed by atoms with Gasteiger partial charge in [-0.3, -0.25) is 9.59 Å². The van der Waals surface area contributed by atoms with Gasteiger partial charge in [0, 0.05) is 12.5 Å². The van der Waals surface area contributed by atoms with E-state index in [2.05, 4.69) is 22.8 Å². The first-order chi connectivity index (χ1) is 15.8. The highest BCUT2D eigenvalue weighted by atomic mass is 16.5. The zero-order valence-electron chi connectivity index (χ0n) is 18.8. The summed E-state index contributed by atoms with van der Waals surface area (Å²) in [6.45, 7) is 3.63. The number of aliphatic hydroxyl groups excluding tert-OH is 1. The summed E-state index contributed by atoms with van der Waals surface area (Å²) in [4.78, 5) is 35.9. The molecule has 3 atom stereocenters. The highest BCUT2D eigenvalue weighted by Gasteiger charge is 2.31. The number of carbonyl (C=O) groups excluding carboxylic acids is 2. The van der Waals surface area contributed by atoms with E-state index in [0.717, 1.165) is 22.3 Å². The largest absolute Gasteiger partial charge is 0.481 e. The molecule has 1 aliphatic rings. The number of amides is 2. The van der Waals surface area contributed by atoms with Crippen molar-refractivity contribution in [2.75, 3.05) is 13.2 Å². The van der Waals surface area contributed by atoms with Crippen molar-refractivity contribution in [1.82, 2.24) is 10.6 Å². The molecule has 0 aromatic heterocycles. The van der Waals surface area contributed by atoms with E-state index < -0.39 is 36.5 Å². The minimum Gasteiger partial charge on any atom is -0.481 e. The number of benzene rings is 2.